The number of nitrogens with zero attached hydrogens (tertiary/aromatic N) is 1. The molecule has 1 saturated heterocycles. The number of benzene rings is 2. The van der Waals surface area contributed by atoms with Gasteiger partial charge in [0, 0.05) is 24.3 Å². The second-order valence-electron chi connectivity index (χ2n) is 6.53. The van der Waals surface area contributed by atoms with Crippen molar-refractivity contribution in [2.24, 2.45) is 5.92 Å². The van der Waals surface area contributed by atoms with E-state index in [4.69, 9.17) is 0 Å². The second kappa shape index (κ2) is 8.98. The summed E-state index contributed by atoms with van der Waals surface area (Å²) < 4.78 is 12.9. The first kappa shape index (κ1) is 19.3. The number of rotatable bonds is 3. The zero-order chi connectivity index (χ0) is 19.9. The van der Waals surface area contributed by atoms with Crippen molar-refractivity contribution in [3.8, 4) is 0 Å². The van der Waals surface area contributed by atoms with Crippen molar-refractivity contribution in [1.82, 2.24) is 15.8 Å². The third-order valence-corrected chi connectivity index (χ3v) is 4.51. The fourth-order valence-electron chi connectivity index (χ4n) is 2.99. The second-order valence-corrected chi connectivity index (χ2v) is 6.53. The molecule has 2 aromatic rings. The van der Waals surface area contributed by atoms with Crippen LogP contribution in [0.2, 0.25) is 0 Å². The molecular weight excluding hydrogens is 363 g/mol. The molecule has 1 heterocycles. The number of para-hydroxylation sites is 1. The number of halogens is 1. The van der Waals surface area contributed by atoms with Crippen LogP contribution < -0.4 is 16.2 Å². The number of anilines is 1. The van der Waals surface area contributed by atoms with Gasteiger partial charge in [0.15, 0.2) is 0 Å². The summed E-state index contributed by atoms with van der Waals surface area (Å²) in [6.45, 7) is 0.821. The van der Waals surface area contributed by atoms with Crippen LogP contribution in [0.3, 0.4) is 0 Å². The van der Waals surface area contributed by atoms with Gasteiger partial charge in [0.2, 0.25) is 5.91 Å². The van der Waals surface area contributed by atoms with Crippen molar-refractivity contribution >= 4 is 23.5 Å². The molecule has 1 atom stereocenters. The lowest BCUT2D eigenvalue weighted by Crippen LogP contribution is -2.50. The van der Waals surface area contributed by atoms with Gasteiger partial charge in [0.25, 0.3) is 5.91 Å². The Morgan fingerprint density at radius 2 is 1.68 bits per heavy atom. The maximum Gasteiger partial charge on any atom is 0.321 e. The molecule has 1 aliphatic heterocycles. The molecular formula is C20H21FN4O3. The monoisotopic (exact) mass is 384 g/mol. The van der Waals surface area contributed by atoms with E-state index in [1.165, 1.54) is 24.3 Å². The smallest absolute Gasteiger partial charge is 0.321 e. The lowest BCUT2D eigenvalue weighted by Gasteiger charge is -2.32. The van der Waals surface area contributed by atoms with Crippen molar-refractivity contribution in [3.05, 3.63) is 66.0 Å². The summed E-state index contributed by atoms with van der Waals surface area (Å²) >= 11 is 0. The highest BCUT2D eigenvalue weighted by atomic mass is 19.1. The molecule has 3 N–H and O–H groups in total. The van der Waals surface area contributed by atoms with Gasteiger partial charge >= 0.3 is 6.03 Å². The minimum absolute atomic E-state index is 0.231. The Bertz CT molecular complexity index is 842. The molecule has 0 bridgehead atoms. The van der Waals surface area contributed by atoms with E-state index in [-0.39, 0.29) is 24.0 Å². The van der Waals surface area contributed by atoms with Gasteiger partial charge in [0.05, 0.1) is 5.92 Å². The van der Waals surface area contributed by atoms with Crippen LogP contribution in [0.4, 0.5) is 14.9 Å². The van der Waals surface area contributed by atoms with E-state index in [2.05, 4.69) is 16.2 Å². The highest BCUT2D eigenvalue weighted by molar-refractivity contribution is 5.95. The zero-order valence-corrected chi connectivity index (χ0v) is 15.2. The largest absolute Gasteiger partial charge is 0.324 e. The Labute approximate surface area is 161 Å². The quantitative estimate of drug-likeness (QED) is 0.711. The number of amides is 4. The predicted octanol–water partition coefficient (Wildman–Crippen LogP) is 2.53. The number of carbonyl (C=O) groups is 3. The van der Waals surface area contributed by atoms with Crippen LogP contribution >= 0.6 is 0 Å². The van der Waals surface area contributed by atoms with Crippen LogP contribution in [0.1, 0.15) is 23.2 Å². The molecule has 2 aromatic carbocycles. The number of piperidine rings is 1. The maximum absolute atomic E-state index is 12.9. The van der Waals surface area contributed by atoms with Crippen molar-refractivity contribution in [3.63, 3.8) is 0 Å². The molecule has 7 nitrogen and oxygen atoms in total. The van der Waals surface area contributed by atoms with Gasteiger partial charge in [-0.2, -0.15) is 0 Å². The third kappa shape index (κ3) is 5.06. The summed E-state index contributed by atoms with van der Waals surface area (Å²) in [7, 11) is 0. The summed E-state index contributed by atoms with van der Waals surface area (Å²) in [4.78, 5) is 38.3. The molecule has 4 amide bonds. The number of likely N-dealkylation sites (tertiary alicyclic amines) is 1. The summed E-state index contributed by atoms with van der Waals surface area (Å²) in [6, 6.07) is 13.8. The molecule has 0 aromatic heterocycles. The van der Waals surface area contributed by atoms with E-state index >= 15 is 0 Å². The highest BCUT2D eigenvalue weighted by Gasteiger charge is 2.28. The number of carbonyl (C=O) groups excluding carboxylic acids is 3. The van der Waals surface area contributed by atoms with Gasteiger partial charge in [-0.25, -0.2) is 9.18 Å². The first-order chi connectivity index (χ1) is 13.5. The summed E-state index contributed by atoms with van der Waals surface area (Å²) in [5.41, 5.74) is 5.62. The van der Waals surface area contributed by atoms with Gasteiger partial charge in [-0.15, -0.1) is 0 Å². The Morgan fingerprint density at radius 3 is 2.39 bits per heavy atom. The number of hydrogen-bond donors (Lipinski definition) is 3. The van der Waals surface area contributed by atoms with Gasteiger partial charge in [-0.1, -0.05) is 18.2 Å². The van der Waals surface area contributed by atoms with Crippen LogP contribution in [-0.2, 0) is 4.79 Å². The molecule has 1 fully saturated rings. The van der Waals surface area contributed by atoms with Crippen LogP contribution in [0.5, 0.6) is 0 Å². The first-order valence-electron chi connectivity index (χ1n) is 8.99. The number of urea groups is 1. The molecule has 0 unspecified atom stereocenters. The minimum Gasteiger partial charge on any atom is -0.324 e. The molecule has 8 heteroatoms. The van der Waals surface area contributed by atoms with E-state index in [1.54, 1.807) is 17.0 Å². The SMILES string of the molecule is O=C(NNC(=O)[C@H]1CCCN(C(=O)Nc2ccccc2)C1)c1ccc(F)cc1. The summed E-state index contributed by atoms with van der Waals surface area (Å²) in [6.07, 6.45) is 1.31. The van der Waals surface area contributed by atoms with E-state index in [9.17, 15) is 18.8 Å². The van der Waals surface area contributed by atoms with Crippen LogP contribution in [-0.4, -0.2) is 35.8 Å². The van der Waals surface area contributed by atoms with Crippen molar-refractivity contribution in [2.75, 3.05) is 18.4 Å². The van der Waals surface area contributed by atoms with E-state index in [0.717, 1.165) is 0 Å². The zero-order valence-electron chi connectivity index (χ0n) is 15.2. The average Bonchev–Trinajstić information content (AvgIpc) is 2.73. The number of nitrogens with one attached hydrogen (secondary N) is 3. The molecule has 0 saturated carbocycles. The molecule has 0 aliphatic carbocycles. The highest BCUT2D eigenvalue weighted by Crippen LogP contribution is 2.18. The fourth-order valence-corrected chi connectivity index (χ4v) is 2.99. The Morgan fingerprint density at radius 1 is 0.964 bits per heavy atom. The maximum atomic E-state index is 12.9. The van der Waals surface area contributed by atoms with Crippen LogP contribution in [0.25, 0.3) is 0 Å². The average molecular weight is 384 g/mol. The lowest BCUT2D eigenvalue weighted by atomic mass is 9.98. The van der Waals surface area contributed by atoms with Crippen molar-refractivity contribution < 1.29 is 18.8 Å². The normalized spacial score (nSPS) is 16.2. The first-order valence-corrected chi connectivity index (χ1v) is 8.99. The predicted molar refractivity (Wildman–Crippen MR) is 102 cm³/mol. The minimum atomic E-state index is -0.539. The number of hydrogen-bond acceptors (Lipinski definition) is 3. The standard InChI is InChI=1S/C20H21FN4O3/c21-16-10-8-14(9-11-16)18(26)23-24-19(27)15-5-4-12-25(13-15)20(28)22-17-6-2-1-3-7-17/h1-3,6-11,15H,4-5,12-13H2,(H,22,28)(H,23,26)(H,24,27)/t15-/m0/s1. The van der Waals surface area contributed by atoms with Crippen LogP contribution in [0, 0.1) is 11.7 Å². The topological polar surface area (TPSA) is 90.5 Å². The summed E-state index contributed by atoms with van der Waals surface area (Å²) in [5.74, 6) is -1.78. The van der Waals surface area contributed by atoms with E-state index in [0.29, 0.717) is 25.1 Å². The van der Waals surface area contributed by atoms with E-state index < -0.39 is 17.6 Å². The number of hydrazine groups is 1. The molecule has 3 rings (SSSR count). The summed E-state index contributed by atoms with van der Waals surface area (Å²) in [5, 5.41) is 2.80. The molecule has 1 aliphatic rings. The Balaban J connectivity index is 1.50. The fraction of sp³-hybridized carbons (Fsp3) is 0.250. The van der Waals surface area contributed by atoms with Gasteiger partial charge in [0.1, 0.15) is 5.82 Å². The molecule has 146 valence electrons. The molecule has 0 radical (unpaired) electrons. The van der Waals surface area contributed by atoms with E-state index in [1.807, 2.05) is 18.2 Å². The van der Waals surface area contributed by atoms with Crippen molar-refractivity contribution in [1.29, 1.82) is 0 Å². The van der Waals surface area contributed by atoms with Crippen LogP contribution in [0.15, 0.2) is 54.6 Å². The Kier molecular flexibility index (Phi) is 6.21. The van der Waals surface area contributed by atoms with Gasteiger partial charge in [-0.05, 0) is 49.2 Å². The van der Waals surface area contributed by atoms with Crippen molar-refractivity contribution in [2.45, 2.75) is 12.8 Å². The third-order valence-electron chi connectivity index (χ3n) is 4.51. The van der Waals surface area contributed by atoms with Gasteiger partial charge in [-0.3, -0.25) is 20.4 Å². The molecule has 0 spiro atoms. The van der Waals surface area contributed by atoms with Gasteiger partial charge < -0.3 is 10.2 Å². The Hall–Kier alpha value is -3.42. The molecule has 28 heavy (non-hydrogen) atoms. The lowest BCUT2D eigenvalue weighted by molar-refractivity contribution is -0.127.